The minimum atomic E-state index is -2.47. The number of aliphatic carboxylic acids is 1. The summed E-state index contributed by atoms with van der Waals surface area (Å²) in [7, 11) is -2.47. The van der Waals surface area contributed by atoms with E-state index < -0.39 is 38.1 Å². The number of unbranched alkanes of at least 4 members (excludes halogenated alkanes) is 3. The third-order valence-electron chi connectivity index (χ3n) is 6.93. The zero-order valence-electron chi connectivity index (χ0n) is 23.0. The number of carbonyl (C=O) groups is 3. The van der Waals surface area contributed by atoms with Gasteiger partial charge in [0, 0.05) is 19.3 Å². The second kappa shape index (κ2) is 17.5. The Morgan fingerprint density at radius 2 is 1.65 bits per heavy atom. The minimum absolute atomic E-state index is 0.179. The van der Waals surface area contributed by atoms with Gasteiger partial charge in [0.2, 0.25) is 0 Å². The van der Waals surface area contributed by atoms with Gasteiger partial charge in [0.1, 0.15) is 18.8 Å². The molecule has 3 atom stereocenters. The first-order chi connectivity index (χ1) is 19.4. The Hall–Kier alpha value is -3.16. The van der Waals surface area contributed by atoms with E-state index in [1.54, 1.807) is 0 Å². The van der Waals surface area contributed by atoms with E-state index in [4.69, 9.17) is 9.26 Å². The molecule has 0 aromatic heterocycles. The van der Waals surface area contributed by atoms with Crippen molar-refractivity contribution in [1.82, 2.24) is 10.2 Å². The maximum Gasteiger partial charge on any atom is 0.407 e. The van der Waals surface area contributed by atoms with E-state index in [0.717, 1.165) is 31.2 Å². The van der Waals surface area contributed by atoms with Crippen molar-refractivity contribution in [1.29, 1.82) is 0 Å². The highest BCUT2D eigenvalue weighted by Crippen LogP contribution is 2.31. The summed E-state index contributed by atoms with van der Waals surface area (Å²) in [5.74, 6) is -1.45. The van der Waals surface area contributed by atoms with Crippen LogP contribution in [0.2, 0.25) is 0 Å². The number of nitrogens with zero attached hydrogens (tertiary/aromatic N) is 1. The highest BCUT2D eigenvalue weighted by Gasteiger charge is 2.37. The van der Waals surface area contributed by atoms with Crippen molar-refractivity contribution >= 4 is 26.0 Å². The molecule has 0 saturated carbocycles. The molecule has 2 aromatic carbocycles. The van der Waals surface area contributed by atoms with Gasteiger partial charge in [0.05, 0.1) is 0 Å². The molecule has 9 nitrogen and oxygen atoms in total. The smallest absolute Gasteiger partial charge is 0.407 e. The molecule has 1 fully saturated rings. The van der Waals surface area contributed by atoms with Gasteiger partial charge in [-0.3, -0.25) is 9.36 Å². The van der Waals surface area contributed by atoms with Crippen LogP contribution in [-0.2, 0) is 36.4 Å². The standard InChI is InChI=1S/C30H41N2O7P/c33-28(32-21-12-18-26(32)29(34)35)27(39-40(37)22-11-3-8-15-24-13-4-1-5-14-24)19-9-10-20-31-30(36)38-23-25-16-6-2-7-17-25/h1-2,4-7,13-14,16-17,26-27,40H,3,8-12,15,18-23H2,(H,31,36)(H,34,35)/t26-,27-/m0/s1. The highest BCUT2D eigenvalue weighted by molar-refractivity contribution is 7.39. The number of benzene rings is 2. The zero-order valence-corrected chi connectivity index (χ0v) is 24.0. The molecule has 1 aliphatic heterocycles. The van der Waals surface area contributed by atoms with Crippen molar-refractivity contribution < 1.29 is 33.3 Å². The van der Waals surface area contributed by atoms with Gasteiger partial charge >= 0.3 is 12.1 Å². The van der Waals surface area contributed by atoms with Gasteiger partial charge in [0.25, 0.3) is 5.91 Å². The van der Waals surface area contributed by atoms with Crippen LogP contribution in [-0.4, -0.2) is 59.4 Å². The molecule has 1 saturated heterocycles. The van der Waals surface area contributed by atoms with Crippen LogP contribution < -0.4 is 5.32 Å². The molecule has 10 heteroatoms. The molecular formula is C30H41N2O7P. The molecule has 40 heavy (non-hydrogen) atoms. The Balaban J connectivity index is 1.41. The monoisotopic (exact) mass is 572 g/mol. The molecule has 3 rings (SSSR count). The summed E-state index contributed by atoms with van der Waals surface area (Å²) in [5.41, 5.74) is 2.17. The van der Waals surface area contributed by atoms with E-state index in [0.29, 0.717) is 51.4 Å². The van der Waals surface area contributed by atoms with Crippen LogP contribution in [0.4, 0.5) is 4.79 Å². The summed E-state index contributed by atoms with van der Waals surface area (Å²) in [6.45, 7) is 0.885. The highest BCUT2D eigenvalue weighted by atomic mass is 31.1. The number of amides is 2. The Kier molecular flexibility index (Phi) is 13.7. The Morgan fingerprint density at radius 3 is 2.35 bits per heavy atom. The Labute approximate surface area is 237 Å². The lowest BCUT2D eigenvalue weighted by atomic mass is 10.1. The van der Waals surface area contributed by atoms with Crippen LogP contribution in [0.1, 0.15) is 62.5 Å². The molecule has 0 bridgehead atoms. The summed E-state index contributed by atoms with van der Waals surface area (Å²) in [6.07, 6.45) is 4.91. The summed E-state index contributed by atoms with van der Waals surface area (Å²) in [5, 5.41) is 12.2. The quantitative estimate of drug-likeness (QED) is 0.191. The van der Waals surface area contributed by atoms with E-state index >= 15 is 0 Å². The Morgan fingerprint density at radius 1 is 0.950 bits per heavy atom. The van der Waals surface area contributed by atoms with Crippen molar-refractivity contribution in [2.24, 2.45) is 0 Å². The van der Waals surface area contributed by atoms with Gasteiger partial charge in [-0.2, -0.15) is 0 Å². The van der Waals surface area contributed by atoms with Crippen LogP contribution in [0.5, 0.6) is 0 Å². The molecular weight excluding hydrogens is 531 g/mol. The van der Waals surface area contributed by atoms with Crippen molar-refractivity contribution in [2.45, 2.75) is 76.5 Å². The number of nitrogens with one attached hydrogen (secondary N) is 1. The Bertz CT molecular complexity index is 1080. The summed E-state index contributed by atoms with van der Waals surface area (Å²) in [4.78, 5) is 38.2. The average molecular weight is 573 g/mol. The second-order valence-electron chi connectivity index (χ2n) is 10.0. The van der Waals surface area contributed by atoms with E-state index in [-0.39, 0.29) is 6.61 Å². The maximum absolute atomic E-state index is 13.2. The number of hydrogen-bond acceptors (Lipinski definition) is 6. The number of carboxylic acids is 1. The van der Waals surface area contributed by atoms with Crippen molar-refractivity contribution in [3.05, 3.63) is 71.8 Å². The fourth-order valence-electron chi connectivity index (χ4n) is 4.76. The average Bonchev–Trinajstić information content (AvgIpc) is 3.46. The SMILES string of the molecule is O=C(NCCCC[C@H](O[PH](=O)CCCCCc1ccccc1)C(=O)N1CCC[C@H]1C(=O)O)OCc1ccccc1. The second-order valence-corrected chi connectivity index (χ2v) is 11.5. The topological polar surface area (TPSA) is 122 Å². The van der Waals surface area contributed by atoms with Crippen LogP contribution in [0.25, 0.3) is 0 Å². The fraction of sp³-hybridized carbons (Fsp3) is 0.500. The van der Waals surface area contributed by atoms with Crippen molar-refractivity contribution in [3.63, 3.8) is 0 Å². The first-order valence-corrected chi connectivity index (χ1v) is 15.7. The number of rotatable bonds is 17. The third kappa shape index (κ3) is 11.1. The first-order valence-electron chi connectivity index (χ1n) is 14.2. The number of alkyl carbamates (subject to hydrolysis) is 1. The predicted octanol–water partition coefficient (Wildman–Crippen LogP) is 5.43. The fourth-order valence-corrected chi connectivity index (χ4v) is 5.95. The van der Waals surface area contributed by atoms with E-state index in [2.05, 4.69) is 17.4 Å². The van der Waals surface area contributed by atoms with Gasteiger partial charge in [-0.05, 0) is 62.5 Å². The number of likely N-dealkylation sites (tertiary alicyclic amines) is 1. The molecule has 1 aliphatic rings. The molecule has 0 aliphatic carbocycles. The number of aryl methyl sites for hydroxylation is 1. The summed E-state index contributed by atoms with van der Waals surface area (Å²) >= 11 is 0. The van der Waals surface area contributed by atoms with Crippen LogP contribution in [0, 0.1) is 0 Å². The first kappa shape index (κ1) is 31.4. The van der Waals surface area contributed by atoms with Crippen molar-refractivity contribution in [2.75, 3.05) is 19.3 Å². The lowest BCUT2D eigenvalue weighted by Crippen LogP contribution is -2.45. The molecule has 0 radical (unpaired) electrons. The van der Waals surface area contributed by atoms with Crippen LogP contribution in [0.3, 0.4) is 0 Å². The van der Waals surface area contributed by atoms with Crippen molar-refractivity contribution in [3.8, 4) is 0 Å². The lowest BCUT2D eigenvalue weighted by molar-refractivity contribution is -0.151. The van der Waals surface area contributed by atoms with Gasteiger partial charge in [-0.15, -0.1) is 0 Å². The van der Waals surface area contributed by atoms with Gasteiger partial charge in [-0.1, -0.05) is 67.1 Å². The largest absolute Gasteiger partial charge is 0.480 e. The maximum atomic E-state index is 13.2. The lowest BCUT2D eigenvalue weighted by Gasteiger charge is -2.26. The number of hydrogen-bond donors (Lipinski definition) is 2. The molecule has 1 unspecified atom stereocenters. The molecule has 0 spiro atoms. The molecule has 2 amide bonds. The molecule has 1 heterocycles. The van der Waals surface area contributed by atoms with Gasteiger partial charge in [0.15, 0.2) is 8.03 Å². The third-order valence-corrected chi connectivity index (χ3v) is 8.24. The zero-order chi connectivity index (χ0) is 28.6. The molecule has 2 N–H and O–H groups in total. The summed E-state index contributed by atoms with van der Waals surface area (Å²) in [6, 6.07) is 18.7. The van der Waals surface area contributed by atoms with E-state index in [9.17, 15) is 24.1 Å². The van der Waals surface area contributed by atoms with Crippen LogP contribution >= 0.6 is 8.03 Å². The molecule has 218 valence electrons. The normalized spacial score (nSPS) is 16.3. The predicted molar refractivity (Wildman–Crippen MR) is 154 cm³/mol. The van der Waals surface area contributed by atoms with E-state index in [1.807, 2.05) is 48.5 Å². The number of carboxylic acid groups (broad SMARTS) is 1. The minimum Gasteiger partial charge on any atom is -0.480 e. The molecule has 2 aromatic rings. The van der Waals surface area contributed by atoms with Gasteiger partial charge in [-0.25, -0.2) is 9.59 Å². The summed E-state index contributed by atoms with van der Waals surface area (Å²) < 4.78 is 23.8. The number of ether oxygens (including phenoxy) is 1. The van der Waals surface area contributed by atoms with Crippen LogP contribution in [0.15, 0.2) is 60.7 Å². The number of carbonyl (C=O) groups excluding carboxylic acids is 2. The van der Waals surface area contributed by atoms with E-state index in [1.165, 1.54) is 10.5 Å². The van der Waals surface area contributed by atoms with Gasteiger partial charge < -0.3 is 24.6 Å².